The Balaban J connectivity index is 2.14. The molecule has 0 spiro atoms. The van der Waals surface area contributed by atoms with Crippen molar-refractivity contribution >= 4 is 50.9 Å². The summed E-state index contributed by atoms with van der Waals surface area (Å²) in [5.41, 5.74) is 1.02. The Labute approximate surface area is 156 Å². The standard InChI is InChI=1S/C17H16Cl2N2O3S/c1-21(2)25(23,24)15-5-3-4-14(11-15)20-17(22)9-7-12-6-8-13(18)10-16(12)19/h3-11H,1-2H3,(H,20,22)/b9-7+. The summed E-state index contributed by atoms with van der Waals surface area (Å²) in [6, 6.07) is 11.0. The number of carbonyl (C=O) groups is 1. The maximum atomic E-state index is 12.1. The highest BCUT2D eigenvalue weighted by atomic mass is 35.5. The smallest absolute Gasteiger partial charge is 0.248 e. The fourth-order valence-corrected chi connectivity index (χ4v) is 3.35. The summed E-state index contributed by atoms with van der Waals surface area (Å²) in [5, 5.41) is 3.55. The maximum absolute atomic E-state index is 12.1. The number of halogens is 2. The van der Waals surface area contributed by atoms with Gasteiger partial charge < -0.3 is 5.32 Å². The highest BCUT2D eigenvalue weighted by molar-refractivity contribution is 7.89. The van der Waals surface area contributed by atoms with E-state index in [0.717, 1.165) is 4.31 Å². The van der Waals surface area contributed by atoms with Crippen molar-refractivity contribution in [3.8, 4) is 0 Å². The van der Waals surface area contributed by atoms with Gasteiger partial charge in [-0.1, -0.05) is 35.3 Å². The molecule has 2 rings (SSSR count). The third-order valence-corrected chi connectivity index (χ3v) is 5.63. The number of hydrogen-bond acceptors (Lipinski definition) is 3. The van der Waals surface area contributed by atoms with Crippen LogP contribution in [0.15, 0.2) is 53.4 Å². The van der Waals surface area contributed by atoms with Gasteiger partial charge in [0, 0.05) is 35.9 Å². The van der Waals surface area contributed by atoms with Crippen LogP contribution in [-0.2, 0) is 14.8 Å². The van der Waals surface area contributed by atoms with Gasteiger partial charge in [0.2, 0.25) is 15.9 Å². The minimum absolute atomic E-state index is 0.0972. The van der Waals surface area contributed by atoms with Gasteiger partial charge in [-0.05, 0) is 42.0 Å². The Hall–Kier alpha value is -1.86. The van der Waals surface area contributed by atoms with Gasteiger partial charge in [0.05, 0.1) is 4.90 Å². The first-order valence-corrected chi connectivity index (χ1v) is 9.36. The Bertz CT molecular complexity index is 925. The minimum Gasteiger partial charge on any atom is -0.322 e. The molecule has 0 aliphatic rings. The third-order valence-electron chi connectivity index (χ3n) is 3.26. The molecular weight excluding hydrogens is 383 g/mol. The molecule has 0 heterocycles. The van der Waals surface area contributed by atoms with Crippen molar-refractivity contribution in [2.45, 2.75) is 4.90 Å². The lowest BCUT2D eigenvalue weighted by molar-refractivity contribution is -0.111. The summed E-state index contributed by atoms with van der Waals surface area (Å²) in [6.45, 7) is 0. The van der Waals surface area contributed by atoms with E-state index in [4.69, 9.17) is 23.2 Å². The number of benzene rings is 2. The first kappa shape index (κ1) is 19.5. The minimum atomic E-state index is -3.57. The molecule has 2 aromatic rings. The fourth-order valence-electron chi connectivity index (χ4n) is 1.93. The summed E-state index contributed by atoms with van der Waals surface area (Å²) >= 11 is 11.9. The zero-order valence-electron chi connectivity index (χ0n) is 13.5. The van der Waals surface area contributed by atoms with Crippen LogP contribution in [-0.4, -0.2) is 32.7 Å². The summed E-state index contributed by atoms with van der Waals surface area (Å²) in [6.07, 6.45) is 2.86. The first-order valence-electron chi connectivity index (χ1n) is 7.17. The zero-order valence-corrected chi connectivity index (χ0v) is 15.9. The number of nitrogens with one attached hydrogen (secondary N) is 1. The molecule has 8 heteroatoms. The summed E-state index contributed by atoms with van der Waals surface area (Å²) in [7, 11) is -0.679. The largest absolute Gasteiger partial charge is 0.322 e. The lowest BCUT2D eigenvalue weighted by Crippen LogP contribution is -2.22. The van der Waals surface area contributed by atoms with Crippen molar-refractivity contribution in [3.63, 3.8) is 0 Å². The Morgan fingerprint density at radius 2 is 1.84 bits per heavy atom. The monoisotopic (exact) mass is 398 g/mol. The highest BCUT2D eigenvalue weighted by Crippen LogP contribution is 2.22. The van der Waals surface area contributed by atoms with Crippen LogP contribution >= 0.6 is 23.2 Å². The van der Waals surface area contributed by atoms with Crippen LogP contribution < -0.4 is 5.32 Å². The van der Waals surface area contributed by atoms with Crippen LogP contribution in [0.1, 0.15) is 5.56 Å². The molecule has 2 aromatic carbocycles. The van der Waals surface area contributed by atoms with Crippen molar-refractivity contribution < 1.29 is 13.2 Å². The molecule has 1 N–H and O–H groups in total. The first-order chi connectivity index (χ1) is 11.7. The predicted octanol–water partition coefficient (Wildman–Crippen LogP) is 3.90. The normalized spacial score (nSPS) is 11.9. The van der Waals surface area contributed by atoms with Gasteiger partial charge in [-0.3, -0.25) is 4.79 Å². The molecule has 5 nitrogen and oxygen atoms in total. The van der Waals surface area contributed by atoms with Gasteiger partial charge in [-0.15, -0.1) is 0 Å². The second-order valence-corrected chi connectivity index (χ2v) is 8.30. The van der Waals surface area contributed by atoms with Gasteiger partial charge in [0.25, 0.3) is 0 Å². The molecule has 1 amide bonds. The number of anilines is 1. The lowest BCUT2D eigenvalue weighted by Gasteiger charge is -2.12. The quantitative estimate of drug-likeness (QED) is 0.776. The molecule has 0 radical (unpaired) electrons. The van der Waals surface area contributed by atoms with Crippen LogP contribution in [0.5, 0.6) is 0 Å². The summed E-state index contributed by atoms with van der Waals surface area (Å²) in [5.74, 6) is -0.412. The van der Waals surface area contributed by atoms with E-state index in [9.17, 15) is 13.2 Å². The van der Waals surface area contributed by atoms with Crippen molar-refractivity contribution in [2.75, 3.05) is 19.4 Å². The van der Waals surface area contributed by atoms with Crippen LogP contribution in [0.3, 0.4) is 0 Å². The van der Waals surface area contributed by atoms with Gasteiger partial charge in [0.15, 0.2) is 0 Å². The van der Waals surface area contributed by atoms with Crippen molar-refractivity contribution in [2.24, 2.45) is 0 Å². The summed E-state index contributed by atoms with van der Waals surface area (Å²) < 4.78 is 25.3. The predicted molar refractivity (Wildman–Crippen MR) is 101 cm³/mol. The number of amides is 1. The Kier molecular flexibility index (Phi) is 6.24. The fraction of sp³-hybridized carbons (Fsp3) is 0.118. The molecule has 0 unspecified atom stereocenters. The van der Waals surface area contributed by atoms with Gasteiger partial charge in [-0.2, -0.15) is 0 Å². The Morgan fingerprint density at radius 3 is 2.48 bits per heavy atom. The number of carbonyl (C=O) groups excluding carboxylic acids is 1. The molecule has 0 saturated carbocycles. The van der Waals surface area contributed by atoms with Crippen molar-refractivity contribution in [1.29, 1.82) is 0 Å². The van der Waals surface area contributed by atoms with Crippen LogP contribution in [0.2, 0.25) is 10.0 Å². The molecule has 0 atom stereocenters. The van der Waals surface area contributed by atoms with Crippen LogP contribution in [0.25, 0.3) is 6.08 Å². The molecule has 0 saturated heterocycles. The van der Waals surface area contributed by atoms with E-state index in [1.807, 2.05) is 0 Å². The molecule has 132 valence electrons. The van der Waals surface area contributed by atoms with Gasteiger partial charge in [0.1, 0.15) is 0 Å². The van der Waals surface area contributed by atoms with E-state index < -0.39 is 15.9 Å². The highest BCUT2D eigenvalue weighted by Gasteiger charge is 2.17. The van der Waals surface area contributed by atoms with E-state index in [1.165, 1.54) is 32.3 Å². The maximum Gasteiger partial charge on any atom is 0.248 e. The SMILES string of the molecule is CN(C)S(=O)(=O)c1cccc(NC(=O)/C=C/c2ccc(Cl)cc2Cl)c1. The summed E-state index contributed by atoms with van der Waals surface area (Å²) in [4.78, 5) is 12.1. The van der Waals surface area contributed by atoms with E-state index in [2.05, 4.69) is 5.32 Å². The van der Waals surface area contributed by atoms with E-state index in [1.54, 1.807) is 36.4 Å². The van der Waals surface area contributed by atoms with Crippen LogP contribution in [0.4, 0.5) is 5.69 Å². The zero-order chi connectivity index (χ0) is 18.6. The number of nitrogens with zero attached hydrogens (tertiary/aromatic N) is 1. The number of hydrogen-bond donors (Lipinski definition) is 1. The van der Waals surface area contributed by atoms with Crippen molar-refractivity contribution in [3.05, 3.63) is 64.1 Å². The Morgan fingerprint density at radius 1 is 1.12 bits per heavy atom. The van der Waals surface area contributed by atoms with Crippen LogP contribution in [0, 0.1) is 0 Å². The van der Waals surface area contributed by atoms with E-state index in [0.29, 0.717) is 21.3 Å². The molecular formula is C17H16Cl2N2O3S. The molecule has 0 aliphatic heterocycles. The molecule has 0 aliphatic carbocycles. The molecule has 25 heavy (non-hydrogen) atoms. The topological polar surface area (TPSA) is 66.5 Å². The second kappa shape index (κ2) is 8.01. The average molecular weight is 399 g/mol. The molecule has 0 aromatic heterocycles. The lowest BCUT2D eigenvalue weighted by atomic mass is 10.2. The van der Waals surface area contributed by atoms with Gasteiger partial charge >= 0.3 is 0 Å². The average Bonchev–Trinajstić information content (AvgIpc) is 2.54. The number of rotatable bonds is 5. The van der Waals surface area contributed by atoms with Gasteiger partial charge in [-0.25, -0.2) is 12.7 Å². The van der Waals surface area contributed by atoms with E-state index >= 15 is 0 Å². The number of sulfonamides is 1. The van der Waals surface area contributed by atoms with E-state index in [-0.39, 0.29) is 4.90 Å². The third kappa shape index (κ3) is 5.06. The van der Waals surface area contributed by atoms with Crippen molar-refractivity contribution in [1.82, 2.24) is 4.31 Å². The molecule has 0 bridgehead atoms. The molecule has 0 fully saturated rings. The second-order valence-electron chi connectivity index (χ2n) is 5.30.